The fourth-order valence-electron chi connectivity index (χ4n) is 0.923. The third-order valence-corrected chi connectivity index (χ3v) is 3.57. The lowest BCUT2D eigenvalue weighted by Crippen LogP contribution is -2.27. The molecule has 3 nitrogen and oxygen atoms in total. The maximum Gasteiger partial charge on any atom is 0.234 e. The summed E-state index contributed by atoms with van der Waals surface area (Å²) in [6, 6.07) is 9.85. The van der Waals surface area contributed by atoms with E-state index in [1.54, 1.807) is 31.2 Å². The van der Waals surface area contributed by atoms with Gasteiger partial charge in [0.2, 0.25) is 10.0 Å². The number of anilines is 1. The first-order valence-electron chi connectivity index (χ1n) is 4.01. The second-order valence-corrected chi connectivity index (χ2v) is 4.90. The molecule has 0 spiro atoms. The third kappa shape index (κ3) is 2.21. The smallest absolute Gasteiger partial charge is 0.234 e. The molecule has 0 aromatic heterocycles. The molecule has 0 unspecified atom stereocenters. The third-order valence-electron chi connectivity index (χ3n) is 1.81. The Morgan fingerprint density at radius 3 is 2.62 bits per heavy atom. The maximum absolute atomic E-state index is 11.4. The lowest BCUT2D eigenvalue weighted by molar-refractivity contribution is 0.595. The monoisotopic (exact) mass is 198 g/mol. The van der Waals surface area contributed by atoms with Crippen molar-refractivity contribution in [3.05, 3.63) is 30.3 Å². The van der Waals surface area contributed by atoms with E-state index in [4.69, 9.17) is 0 Å². The molecule has 0 aliphatic rings. The summed E-state index contributed by atoms with van der Waals surface area (Å²) in [4.78, 5) is 0. The zero-order valence-corrected chi connectivity index (χ0v) is 8.50. The van der Waals surface area contributed by atoms with Crippen molar-refractivity contribution in [3.63, 3.8) is 0 Å². The summed E-state index contributed by atoms with van der Waals surface area (Å²) >= 11 is 0. The lowest BCUT2D eigenvalue weighted by Gasteiger charge is -2.17. The van der Waals surface area contributed by atoms with Gasteiger partial charge in [-0.1, -0.05) is 18.2 Å². The standard InChI is InChI=1S/C9H12NO2S/c1-3-13(11,12)10(2)9-7-5-4-6-8-9/h4-7H,3H2,1-2H3. The molecule has 1 rings (SSSR count). The first-order valence-corrected chi connectivity index (χ1v) is 5.62. The Morgan fingerprint density at radius 2 is 2.15 bits per heavy atom. The summed E-state index contributed by atoms with van der Waals surface area (Å²) in [6.45, 7) is 1.62. The van der Waals surface area contributed by atoms with E-state index >= 15 is 0 Å². The lowest BCUT2D eigenvalue weighted by atomic mass is 10.3. The van der Waals surface area contributed by atoms with Crippen LogP contribution < -0.4 is 4.31 Å². The van der Waals surface area contributed by atoms with Crippen LogP contribution in [-0.2, 0) is 10.0 Å². The fourth-order valence-corrected chi connectivity index (χ4v) is 1.72. The van der Waals surface area contributed by atoms with Crippen LogP contribution in [0.4, 0.5) is 5.69 Å². The van der Waals surface area contributed by atoms with Crippen LogP contribution in [0.1, 0.15) is 6.92 Å². The topological polar surface area (TPSA) is 37.4 Å². The van der Waals surface area contributed by atoms with Gasteiger partial charge in [-0.3, -0.25) is 4.31 Å². The number of rotatable bonds is 3. The number of hydrogen-bond donors (Lipinski definition) is 0. The largest absolute Gasteiger partial charge is 0.273 e. The second kappa shape index (κ2) is 3.79. The van der Waals surface area contributed by atoms with Crippen molar-refractivity contribution >= 4 is 15.7 Å². The SMILES string of the molecule is CCS(=O)(=O)N(C)c1[c]cccc1. The van der Waals surface area contributed by atoms with E-state index in [1.165, 1.54) is 11.4 Å². The van der Waals surface area contributed by atoms with Crippen LogP contribution in [0.2, 0.25) is 0 Å². The van der Waals surface area contributed by atoms with Crippen molar-refractivity contribution in [3.8, 4) is 0 Å². The molecule has 13 heavy (non-hydrogen) atoms. The zero-order valence-electron chi connectivity index (χ0n) is 7.69. The average molecular weight is 198 g/mol. The van der Waals surface area contributed by atoms with Gasteiger partial charge in [0.25, 0.3) is 0 Å². The van der Waals surface area contributed by atoms with E-state index in [1.807, 2.05) is 0 Å². The number of hydrogen-bond acceptors (Lipinski definition) is 2. The predicted molar refractivity (Wildman–Crippen MR) is 53.1 cm³/mol. The Labute approximate surface area is 79.0 Å². The van der Waals surface area contributed by atoms with Crippen molar-refractivity contribution in [1.29, 1.82) is 0 Å². The summed E-state index contributed by atoms with van der Waals surface area (Å²) in [5, 5.41) is 0. The van der Waals surface area contributed by atoms with Gasteiger partial charge in [-0.2, -0.15) is 0 Å². The van der Waals surface area contributed by atoms with Crippen molar-refractivity contribution < 1.29 is 8.42 Å². The Hall–Kier alpha value is -1.03. The summed E-state index contributed by atoms with van der Waals surface area (Å²) in [5.74, 6) is 0.103. The molecule has 0 aliphatic heterocycles. The van der Waals surface area contributed by atoms with Gasteiger partial charge in [0.1, 0.15) is 0 Å². The normalized spacial score (nSPS) is 11.2. The highest BCUT2D eigenvalue weighted by Gasteiger charge is 2.14. The highest BCUT2D eigenvalue weighted by atomic mass is 32.2. The average Bonchev–Trinajstić information content (AvgIpc) is 2.18. The fraction of sp³-hybridized carbons (Fsp3) is 0.333. The van der Waals surface area contributed by atoms with Gasteiger partial charge in [0.05, 0.1) is 11.4 Å². The molecule has 0 N–H and O–H groups in total. The van der Waals surface area contributed by atoms with E-state index in [0.717, 1.165) is 0 Å². The Bertz CT molecular complexity index is 358. The molecule has 0 aliphatic carbocycles. The van der Waals surface area contributed by atoms with Crippen molar-refractivity contribution in [2.45, 2.75) is 6.92 Å². The van der Waals surface area contributed by atoms with E-state index in [-0.39, 0.29) is 5.75 Å². The molecule has 0 heterocycles. The quantitative estimate of drug-likeness (QED) is 0.733. The minimum Gasteiger partial charge on any atom is -0.273 e. The summed E-state index contributed by atoms with van der Waals surface area (Å²) in [7, 11) is -1.62. The highest BCUT2D eigenvalue weighted by Crippen LogP contribution is 2.13. The molecule has 0 amide bonds. The van der Waals surface area contributed by atoms with Crippen LogP contribution >= 0.6 is 0 Å². The molecule has 0 saturated carbocycles. The van der Waals surface area contributed by atoms with Gasteiger partial charge in [-0.05, 0) is 13.0 Å². The Morgan fingerprint density at radius 1 is 1.46 bits per heavy atom. The van der Waals surface area contributed by atoms with Crippen LogP contribution in [0, 0.1) is 6.07 Å². The van der Waals surface area contributed by atoms with Gasteiger partial charge >= 0.3 is 0 Å². The van der Waals surface area contributed by atoms with Crippen LogP contribution in [0.5, 0.6) is 0 Å². The molecule has 1 aromatic rings. The van der Waals surface area contributed by atoms with Crippen LogP contribution in [-0.4, -0.2) is 21.2 Å². The van der Waals surface area contributed by atoms with Crippen LogP contribution in [0.15, 0.2) is 24.3 Å². The van der Waals surface area contributed by atoms with Gasteiger partial charge < -0.3 is 0 Å². The zero-order chi connectivity index (χ0) is 9.90. The molecular formula is C9H12NO2S. The maximum atomic E-state index is 11.4. The summed E-state index contributed by atoms with van der Waals surface area (Å²) in [6.07, 6.45) is 0. The molecule has 0 fully saturated rings. The van der Waals surface area contributed by atoms with E-state index in [9.17, 15) is 8.42 Å². The Kier molecular flexibility index (Phi) is 2.93. The van der Waals surface area contributed by atoms with Gasteiger partial charge in [0, 0.05) is 13.1 Å². The predicted octanol–water partition coefficient (Wildman–Crippen LogP) is 1.27. The molecule has 4 heteroatoms. The first-order chi connectivity index (χ1) is 6.08. The number of benzene rings is 1. The number of sulfonamides is 1. The molecular weight excluding hydrogens is 186 g/mol. The molecule has 71 valence electrons. The van der Waals surface area contributed by atoms with E-state index < -0.39 is 10.0 Å². The van der Waals surface area contributed by atoms with Crippen molar-refractivity contribution in [2.24, 2.45) is 0 Å². The second-order valence-electron chi connectivity index (χ2n) is 2.62. The van der Waals surface area contributed by atoms with Gasteiger partial charge in [-0.15, -0.1) is 0 Å². The molecule has 0 atom stereocenters. The molecule has 1 aromatic carbocycles. The first kappa shape index (κ1) is 10.1. The Balaban J connectivity index is 2.99. The van der Waals surface area contributed by atoms with Crippen molar-refractivity contribution in [2.75, 3.05) is 17.1 Å². The van der Waals surface area contributed by atoms with E-state index in [0.29, 0.717) is 5.69 Å². The van der Waals surface area contributed by atoms with Gasteiger partial charge in [0.15, 0.2) is 0 Å². The molecule has 1 radical (unpaired) electrons. The molecule has 0 saturated heterocycles. The minimum atomic E-state index is -3.15. The summed E-state index contributed by atoms with van der Waals surface area (Å²) in [5.41, 5.74) is 0.573. The van der Waals surface area contributed by atoms with Crippen LogP contribution in [0.3, 0.4) is 0 Å². The molecule has 0 bridgehead atoms. The van der Waals surface area contributed by atoms with Crippen LogP contribution in [0.25, 0.3) is 0 Å². The van der Waals surface area contributed by atoms with Gasteiger partial charge in [-0.25, -0.2) is 8.42 Å². The minimum absolute atomic E-state index is 0.103. The highest BCUT2D eigenvalue weighted by molar-refractivity contribution is 7.92. The number of nitrogens with zero attached hydrogens (tertiary/aromatic N) is 1. The number of para-hydroxylation sites is 1. The summed E-state index contributed by atoms with van der Waals surface area (Å²) < 4.78 is 24.1. The van der Waals surface area contributed by atoms with E-state index in [2.05, 4.69) is 6.07 Å². The van der Waals surface area contributed by atoms with Crippen molar-refractivity contribution in [1.82, 2.24) is 0 Å².